The third-order valence-corrected chi connectivity index (χ3v) is 5.58. The molecule has 2 heterocycles. The molecule has 0 aliphatic carbocycles. The fraction of sp³-hybridized carbons (Fsp3) is 0.217. The molecule has 152 valence electrons. The molecule has 0 fully saturated rings. The second kappa shape index (κ2) is 8.75. The second-order valence-electron chi connectivity index (χ2n) is 7.31. The lowest BCUT2D eigenvalue weighted by molar-refractivity contribution is -0.121. The number of nitrogens with zero attached hydrogens (tertiary/aromatic N) is 4. The van der Waals surface area contributed by atoms with Crippen molar-refractivity contribution < 1.29 is 4.79 Å². The topological polar surface area (TPSA) is 72.2 Å². The number of halogens is 1. The zero-order valence-electron chi connectivity index (χ0n) is 16.9. The van der Waals surface area contributed by atoms with Crippen LogP contribution in [0, 0.1) is 13.8 Å². The van der Waals surface area contributed by atoms with Crippen molar-refractivity contribution >= 4 is 27.5 Å². The van der Waals surface area contributed by atoms with Crippen LogP contribution in [0.5, 0.6) is 0 Å². The molecular formula is C23H22BrN5O. The molecule has 0 radical (unpaired) electrons. The highest BCUT2D eigenvalue weighted by molar-refractivity contribution is 9.10. The van der Waals surface area contributed by atoms with Gasteiger partial charge >= 0.3 is 0 Å². The number of hydrogen-bond acceptors (Lipinski definition) is 4. The highest BCUT2D eigenvalue weighted by Crippen LogP contribution is 2.21. The first kappa shape index (κ1) is 20.2. The van der Waals surface area contributed by atoms with Gasteiger partial charge in [0.2, 0.25) is 5.91 Å². The molecule has 2 aromatic heterocycles. The minimum Gasteiger partial charge on any atom is -0.352 e. The summed E-state index contributed by atoms with van der Waals surface area (Å²) >= 11 is 3.44. The van der Waals surface area contributed by atoms with Crippen LogP contribution in [0.3, 0.4) is 0 Å². The van der Waals surface area contributed by atoms with Crippen molar-refractivity contribution in [3.63, 3.8) is 0 Å². The lowest BCUT2D eigenvalue weighted by Crippen LogP contribution is -2.23. The number of carbonyl (C=O) groups is 1. The van der Waals surface area contributed by atoms with E-state index in [0.29, 0.717) is 30.9 Å². The van der Waals surface area contributed by atoms with Crippen LogP contribution in [-0.4, -0.2) is 25.7 Å². The quantitative estimate of drug-likeness (QED) is 0.459. The number of aryl methyl sites for hydroxylation is 3. The standard InChI is InChI=1S/C23H22BrN5O/c1-15-6-7-18(12-16(15)2)20-8-9-21-26-27-22(29(21)28-20)10-11-23(30)25-14-17-4-3-5-19(24)13-17/h3-9,12-13H,10-11,14H2,1-2H3,(H,25,30). The van der Waals surface area contributed by atoms with Crippen LogP contribution in [0.25, 0.3) is 16.9 Å². The van der Waals surface area contributed by atoms with E-state index in [1.807, 2.05) is 36.4 Å². The zero-order valence-corrected chi connectivity index (χ0v) is 18.5. The number of nitrogens with one attached hydrogen (secondary N) is 1. The molecule has 0 saturated carbocycles. The van der Waals surface area contributed by atoms with Gasteiger partial charge in [-0.3, -0.25) is 4.79 Å². The Bertz CT molecular complexity index is 1220. The van der Waals surface area contributed by atoms with E-state index in [-0.39, 0.29) is 5.91 Å². The average Bonchev–Trinajstić information content (AvgIpc) is 3.15. The van der Waals surface area contributed by atoms with Crippen molar-refractivity contribution in [3.05, 3.63) is 81.6 Å². The molecule has 7 heteroatoms. The molecule has 0 saturated heterocycles. The molecule has 0 aliphatic rings. The van der Waals surface area contributed by atoms with Gasteiger partial charge in [0.05, 0.1) is 5.69 Å². The van der Waals surface area contributed by atoms with Gasteiger partial charge in [-0.15, -0.1) is 10.2 Å². The van der Waals surface area contributed by atoms with Crippen molar-refractivity contribution in [2.75, 3.05) is 0 Å². The number of amides is 1. The van der Waals surface area contributed by atoms with Crippen LogP contribution < -0.4 is 5.32 Å². The van der Waals surface area contributed by atoms with Crippen molar-refractivity contribution in [1.82, 2.24) is 25.1 Å². The first-order chi connectivity index (χ1) is 14.5. The van der Waals surface area contributed by atoms with Gasteiger partial charge in [-0.1, -0.05) is 40.2 Å². The summed E-state index contributed by atoms with van der Waals surface area (Å²) in [5, 5.41) is 16.1. The molecular weight excluding hydrogens is 442 g/mol. The van der Waals surface area contributed by atoms with Gasteiger partial charge in [-0.2, -0.15) is 9.61 Å². The fourth-order valence-corrected chi connectivity index (χ4v) is 3.65. The average molecular weight is 464 g/mol. The maximum Gasteiger partial charge on any atom is 0.220 e. The normalized spacial score (nSPS) is 11.0. The molecule has 0 atom stereocenters. The first-order valence-electron chi connectivity index (χ1n) is 9.80. The van der Waals surface area contributed by atoms with E-state index in [2.05, 4.69) is 63.5 Å². The Morgan fingerprint density at radius 3 is 2.70 bits per heavy atom. The summed E-state index contributed by atoms with van der Waals surface area (Å²) in [4.78, 5) is 12.3. The van der Waals surface area contributed by atoms with E-state index in [4.69, 9.17) is 5.10 Å². The molecule has 1 amide bonds. The Hall–Kier alpha value is -3.06. The maximum atomic E-state index is 12.3. The minimum absolute atomic E-state index is 0.0305. The van der Waals surface area contributed by atoms with Gasteiger partial charge in [0.1, 0.15) is 0 Å². The molecule has 0 bridgehead atoms. The Morgan fingerprint density at radius 1 is 1.03 bits per heavy atom. The van der Waals surface area contributed by atoms with E-state index >= 15 is 0 Å². The summed E-state index contributed by atoms with van der Waals surface area (Å²) in [7, 11) is 0. The zero-order chi connectivity index (χ0) is 21.1. The van der Waals surface area contributed by atoms with Crippen LogP contribution in [0.15, 0.2) is 59.1 Å². The van der Waals surface area contributed by atoms with E-state index in [1.54, 1.807) is 4.52 Å². The summed E-state index contributed by atoms with van der Waals surface area (Å²) < 4.78 is 2.72. The number of aromatic nitrogens is 4. The van der Waals surface area contributed by atoms with Crippen LogP contribution in [-0.2, 0) is 17.8 Å². The SMILES string of the molecule is Cc1ccc(-c2ccc3nnc(CCC(=O)NCc4cccc(Br)c4)n3n2)cc1C. The number of hydrogen-bond donors (Lipinski definition) is 1. The van der Waals surface area contributed by atoms with Gasteiger partial charge in [0.25, 0.3) is 0 Å². The van der Waals surface area contributed by atoms with E-state index in [0.717, 1.165) is 21.3 Å². The lowest BCUT2D eigenvalue weighted by atomic mass is 10.0. The van der Waals surface area contributed by atoms with Crippen molar-refractivity contribution in [1.29, 1.82) is 0 Å². The number of fused-ring (bicyclic) bond motifs is 1. The molecule has 30 heavy (non-hydrogen) atoms. The molecule has 2 aromatic carbocycles. The number of benzene rings is 2. The predicted molar refractivity (Wildman–Crippen MR) is 120 cm³/mol. The van der Waals surface area contributed by atoms with Gasteiger partial charge in [-0.25, -0.2) is 0 Å². The Kier molecular flexibility index (Phi) is 5.90. The van der Waals surface area contributed by atoms with E-state index < -0.39 is 0 Å². The summed E-state index contributed by atoms with van der Waals surface area (Å²) in [5.74, 6) is 0.644. The minimum atomic E-state index is -0.0305. The van der Waals surface area contributed by atoms with E-state index in [9.17, 15) is 4.79 Å². The third-order valence-electron chi connectivity index (χ3n) is 5.08. The van der Waals surface area contributed by atoms with E-state index in [1.165, 1.54) is 11.1 Å². The number of carbonyl (C=O) groups excluding carboxylic acids is 1. The Labute approximate surface area is 183 Å². The van der Waals surface area contributed by atoms with Crippen molar-refractivity contribution in [2.45, 2.75) is 33.2 Å². The summed E-state index contributed by atoms with van der Waals surface area (Å²) in [6.45, 7) is 4.68. The van der Waals surface area contributed by atoms with Crippen molar-refractivity contribution in [3.8, 4) is 11.3 Å². The predicted octanol–water partition coefficient (Wildman–Crippen LogP) is 4.42. The molecule has 0 spiro atoms. The second-order valence-corrected chi connectivity index (χ2v) is 8.23. The Balaban J connectivity index is 1.45. The number of rotatable bonds is 6. The molecule has 4 rings (SSSR count). The molecule has 4 aromatic rings. The molecule has 0 unspecified atom stereocenters. The van der Waals surface area contributed by atoms with Crippen LogP contribution >= 0.6 is 15.9 Å². The lowest BCUT2D eigenvalue weighted by Gasteiger charge is -2.07. The maximum absolute atomic E-state index is 12.3. The molecule has 0 aliphatic heterocycles. The monoisotopic (exact) mass is 463 g/mol. The first-order valence-corrected chi connectivity index (χ1v) is 10.6. The van der Waals surface area contributed by atoms with Gasteiger partial charge in [0, 0.05) is 29.4 Å². The van der Waals surface area contributed by atoms with Crippen LogP contribution in [0.1, 0.15) is 28.9 Å². The highest BCUT2D eigenvalue weighted by atomic mass is 79.9. The Morgan fingerprint density at radius 2 is 1.90 bits per heavy atom. The smallest absolute Gasteiger partial charge is 0.220 e. The van der Waals surface area contributed by atoms with Gasteiger partial charge in [-0.05, 0) is 60.9 Å². The van der Waals surface area contributed by atoms with Crippen LogP contribution in [0.2, 0.25) is 0 Å². The van der Waals surface area contributed by atoms with Crippen LogP contribution in [0.4, 0.5) is 0 Å². The summed E-state index contributed by atoms with van der Waals surface area (Å²) in [6.07, 6.45) is 0.791. The van der Waals surface area contributed by atoms with Crippen molar-refractivity contribution in [2.24, 2.45) is 0 Å². The summed E-state index contributed by atoms with van der Waals surface area (Å²) in [6, 6.07) is 18.0. The fourth-order valence-electron chi connectivity index (χ4n) is 3.21. The largest absolute Gasteiger partial charge is 0.352 e. The van der Waals surface area contributed by atoms with Gasteiger partial charge in [0.15, 0.2) is 11.5 Å². The highest BCUT2D eigenvalue weighted by Gasteiger charge is 2.11. The summed E-state index contributed by atoms with van der Waals surface area (Å²) in [5.41, 5.74) is 6.09. The molecule has 6 nitrogen and oxygen atoms in total. The molecule has 1 N–H and O–H groups in total. The third kappa shape index (κ3) is 4.57. The van der Waals surface area contributed by atoms with Gasteiger partial charge < -0.3 is 5.32 Å².